The van der Waals surface area contributed by atoms with Crippen molar-refractivity contribution >= 4 is 11.5 Å². The van der Waals surface area contributed by atoms with E-state index in [2.05, 4.69) is 6.08 Å². The van der Waals surface area contributed by atoms with Gasteiger partial charge in [0.05, 0.1) is 0 Å². The third-order valence-electron chi connectivity index (χ3n) is 2.88. The molecule has 0 bridgehead atoms. The summed E-state index contributed by atoms with van der Waals surface area (Å²) in [7, 11) is 0. The Kier molecular flexibility index (Phi) is 1.83. The number of carbonyl (C=O) groups is 1. The second-order valence-corrected chi connectivity index (χ2v) is 3.71. The molecule has 0 aromatic rings. The van der Waals surface area contributed by atoms with Gasteiger partial charge in [0.15, 0.2) is 0 Å². The maximum absolute atomic E-state index is 11.1. The first-order valence-electron chi connectivity index (χ1n) is 4.53. The van der Waals surface area contributed by atoms with Crippen molar-refractivity contribution < 1.29 is 4.79 Å². The van der Waals surface area contributed by atoms with Crippen molar-refractivity contribution in [1.29, 1.82) is 5.41 Å². The van der Waals surface area contributed by atoms with Gasteiger partial charge >= 0.3 is 0 Å². The molecule has 0 aliphatic heterocycles. The highest BCUT2D eigenvalue weighted by molar-refractivity contribution is 5.90. The smallest absolute Gasteiger partial charge is 0.133 e. The quantitative estimate of drug-likeness (QED) is 0.545. The molecule has 2 unspecified atom stereocenters. The summed E-state index contributed by atoms with van der Waals surface area (Å²) in [6.45, 7) is 0. The second kappa shape index (κ2) is 2.85. The molecule has 0 aromatic heterocycles. The molecule has 0 aromatic carbocycles. The van der Waals surface area contributed by atoms with Crippen LogP contribution in [-0.2, 0) is 4.79 Å². The van der Waals surface area contributed by atoms with E-state index in [9.17, 15) is 4.79 Å². The normalized spacial score (nSPS) is 35.0. The average molecular weight is 163 g/mol. The van der Waals surface area contributed by atoms with Crippen LogP contribution in [0.4, 0.5) is 0 Å². The lowest BCUT2D eigenvalue weighted by atomic mass is 9.73. The molecule has 2 rings (SSSR count). The summed E-state index contributed by atoms with van der Waals surface area (Å²) in [5, 5.41) is 7.72. The molecule has 0 spiro atoms. The molecule has 0 saturated heterocycles. The largest absolute Gasteiger partial charge is 0.309 e. The number of carbonyl (C=O) groups excluding carboxylic acids is 1. The Hall–Kier alpha value is -0.920. The Labute approximate surface area is 72.2 Å². The lowest BCUT2D eigenvalue weighted by molar-refractivity contribution is -0.121. The summed E-state index contributed by atoms with van der Waals surface area (Å²) < 4.78 is 0. The number of rotatable bonds is 0. The molecule has 64 valence electrons. The van der Waals surface area contributed by atoms with E-state index in [4.69, 9.17) is 5.41 Å². The highest BCUT2D eigenvalue weighted by Gasteiger charge is 2.31. The lowest BCUT2D eigenvalue weighted by Gasteiger charge is -2.31. The first kappa shape index (κ1) is 7.71. The Morgan fingerprint density at radius 3 is 3.17 bits per heavy atom. The number of hydrogen-bond donors (Lipinski definition) is 1. The summed E-state index contributed by atoms with van der Waals surface area (Å²) in [5.74, 6) is 1.11. The minimum absolute atomic E-state index is 0.354. The van der Waals surface area contributed by atoms with Gasteiger partial charge in [0, 0.05) is 30.9 Å². The molecule has 2 atom stereocenters. The predicted octanol–water partition coefficient (Wildman–Crippen LogP) is 1.95. The van der Waals surface area contributed by atoms with Crippen LogP contribution >= 0.6 is 0 Å². The number of ketones is 1. The molecule has 0 radical (unpaired) electrons. The maximum atomic E-state index is 11.1. The number of nitrogens with one attached hydrogen (secondary N) is 1. The molecule has 2 heteroatoms. The molecule has 12 heavy (non-hydrogen) atoms. The van der Waals surface area contributed by atoms with Crippen molar-refractivity contribution in [2.75, 3.05) is 0 Å². The fourth-order valence-corrected chi connectivity index (χ4v) is 2.19. The van der Waals surface area contributed by atoms with Crippen molar-refractivity contribution in [3.8, 4) is 0 Å². The lowest BCUT2D eigenvalue weighted by Crippen LogP contribution is -2.31. The highest BCUT2D eigenvalue weighted by atomic mass is 16.1. The molecule has 0 amide bonds. The van der Waals surface area contributed by atoms with E-state index in [1.165, 1.54) is 0 Å². The SMILES string of the molecule is N=C1CC=CC2CC(=O)CCC12. The minimum Gasteiger partial charge on any atom is -0.309 e. The van der Waals surface area contributed by atoms with E-state index >= 15 is 0 Å². The average Bonchev–Trinajstić information content (AvgIpc) is 2.04. The summed E-state index contributed by atoms with van der Waals surface area (Å²) in [5.41, 5.74) is 0.829. The van der Waals surface area contributed by atoms with Gasteiger partial charge in [-0.3, -0.25) is 4.79 Å². The van der Waals surface area contributed by atoms with Gasteiger partial charge in [-0.1, -0.05) is 12.2 Å². The monoisotopic (exact) mass is 163 g/mol. The van der Waals surface area contributed by atoms with Crippen LogP contribution in [-0.4, -0.2) is 11.5 Å². The van der Waals surface area contributed by atoms with E-state index in [0.717, 1.165) is 18.6 Å². The van der Waals surface area contributed by atoms with Gasteiger partial charge in [0.1, 0.15) is 5.78 Å². The van der Waals surface area contributed by atoms with Gasteiger partial charge < -0.3 is 5.41 Å². The Balaban J connectivity index is 2.18. The Bertz CT molecular complexity index is 255. The fraction of sp³-hybridized carbons (Fsp3) is 0.600. The van der Waals surface area contributed by atoms with E-state index in [1.54, 1.807) is 0 Å². The predicted molar refractivity (Wildman–Crippen MR) is 47.3 cm³/mol. The van der Waals surface area contributed by atoms with Crippen LogP contribution in [0.25, 0.3) is 0 Å². The van der Waals surface area contributed by atoms with Crippen molar-refractivity contribution in [3.63, 3.8) is 0 Å². The molecule has 2 aliphatic rings. The van der Waals surface area contributed by atoms with Crippen LogP contribution < -0.4 is 0 Å². The molecular weight excluding hydrogens is 150 g/mol. The Morgan fingerprint density at radius 2 is 2.33 bits per heavy atom. The number of allylic oxidation sites excluding steroid dienone is 2. The van der Waals surface area contributed by atoms with Gasteiger partial charge in [0.2, 0.25) is 0 Å². The third-order valence-corrected chi connectivity index (χ3v) is 2.88. The van der Waals surface area contributed by atoms with Crippen molar-refractivity contribution in [2.45, 2.75) is 25.7 Å². The molecule has 2 nitrogen and oxygen atoms in total. The van der Waals surface area contributed by atoms with E-state index < -0.39 is 0 Å². The van der Waals surface area contributed by atoms with Crippen molar-refractivity contribution in [1.82, 2.24) is 0 Å². The number of Topliss-reactive ketones (excluding diaryl/α,β-unsaturated/α-hetero) is 1. The molecular formula is C10H13NO. The van der Waals surface area contributed by atoms with Crippen molar-refractivity contribution in [3.05, 3.63) is 12.2 Å². The van der Waals surface area contributed by atoms with Crippen LogP contribution in [0.1, 0.15) is 25.7 Å². The zero-order valence-electron chi connectivity index (χ0n) is 7.05. The van der Waals surface area contributed by atoms with E-state index in [-0.39, 0.29) is 0 Å². The number of hydrogen-bond acceptors (Lipinski definition) is 2. The van der Waals surface area contributed by atoms with Gasteiger partial charge in [-0.2, -0.15) is 0 Å². The topological polar surface area (TPSA) is 40.9 Å². The van der Waals surface area contributed by atoms with Crippen LogP contribution in [0, 0.1) is 17.2 Å². The number of fused-ring (bicyclic) bond motifs is 1. The second-order valence-electron chi connectivity index (χ2n) is 3.71. The van der Waals surface area contributed by atoms with Gasteiger partial charge in [-0.05, 0) is 12.3 Å². The molecule has 1 N–H and O–H groups in total. The van der Waals surface area contributed by atoms with Crippen LogP contribution in [0.15, 0.2) is 12.2 Å². The van der Waals surface area contributed by atoms with Gasteiger partial charge in [-0.25, -0.2) is 0 Å². The minimum atomic E-state index is 0.354. The third kappa shape index (κ3) is 1.22. The summed E-state index contributed by atoms with van der Waals surface area (Å²) in [6.07, 6.45) is 7.23. The van der Waals surface area contributed by atoms with E-state index in [1.807, 2.05) is 6.08 Å². The van der Waals surface area contributed by atoms with E-state index in [0.29, 0.717) is 30.5 Å². The van der Waals surface area contributed by atoms with Gasteiger partial charge in [-0.15, -0.1) is 0 Å². The molecule has 2 aliphatic carbocycles. The molecule has 1 fully saturated rings. The summed E-state index contributed by atoms with van der Waals surface area (Å²) in [6, 6.07) is 0. The van der Waals surface area contributed by atoms with Gasteiger partial charge in [0.25, 0.3) is 0 Å². The Morgan fingerprint density at radius 1 is 1.50 bits per heavy atom. The van der Waals surface area contributed by atoms with Crippen molar-refractivity contribution in [2.24, 2.45) is 11.8 Å². The summed E-state index contributed by atoms with van der Waals surface area (Å²) in [4.78, 5) is 11.1. The van der Waals surface area contributed by atoms with Crippen LogP contribution in [0.5, 0.6) is 0 Å². The standard InChI is InChI=1S/C10H13NO/c11-10-3-1-2-7-6-8(12)4-5-9(7)10/h1-2,7,9,11H,3-6H2. The maximum Gasteiger partial charge on any atom is 0.133 e. The zero-order valence-corrected chi connectivity index (χ0v) is 7.05. The van der Waals surface area contributed by atoms with Crippen LogP contribution in [0.2, 0.25) is 0 Å². The zero-order chi connectivity index (χ0) is 8.55. The highest BCUT2D eigenvalue weighted by Crippen LogP contribution is 2.33. The first-order chi connectivity index (χ1) is 5.77. The summed E-state index contributed by atoms with van der Waals surface area (Å²) >= 11 is 0. The molecule has 0 heterocycles. The molecule has 1 saturated carbocycles. The first-order valence-corrected chi connectivity index (χ1v) is 4.53. The van der Waals surface area contributed by atoms with Crippen LogP contribution in [0.3, 0.4) is 0 Å². The fourth-order valence-electron chi connectivity index (χ4n) is 2.19.